The van der Waals surface area contributed by atoms with Gasteiger partial charge in [0.1, 0.15) is 0 Å². The fourth-order valence-electron chi connectivity index (χ4n) is 2.15. The van der Waals surface area contributed by atoms with Gasteiger partial charge in [-0.3, -0.25) is 0 Å². The molecule has 1 nitrogen and oxygen atoms in total. The quantitative estimate of drug-likeness (QED) is 0.425. The van der Waals surface area contributed by atoms with Gasteiger partial charge in [0.2, 0.25) is 0 Å². The standard InChI is InChI=1S/C21H16N/c1-3-7-18(8-4-1)15-16-22-17-19-11-13-21(14-12-19)20-9-5-2-6-10-20/h1-14,17,22H/q-1. The first kappa shape index (κ1) is 13.9. The largest absolute Gasteiger partial charge is 0.374 e. The van der Waals surface area contributed by atoms with Crippen molar-refractivity contribution in [1.82, 2.24) is 5.32 Å². The lowest BCUT2D eigenvalue weighted by Crippen LogP contribution is -2.01. The molecule has 0 radical (unpaired) electrons. The molecule has 3 aromatic carbocycles. The van der Waals surface area contributed by atoms with Gasteiger partial charge < -0.3 is 5.32 Å². The van der Waals surface area contributed by atoms with Crippen molar-refractivity contribution in [2.75, 3.05) is 0 Å². The number of hydrogen-bond donors (Lipinski definition) is 1. The van der Waals surface area contributed by atoms with E-state index in [0.717, 1.165) is 11.1 Å². The Balaban J connectivity index is 1.59. The van der Waals surface area contributed by atoms with Crippen molar-refractivity contribution >= 4 is 0 Å². The second-order valence-corrected chi connectivity index (χ2v) is 4.89. The van der Waals surface area contributed by atoms with E-state index in [0.29, 0.717) is 0 Å². The minimum Gasteiger partial charge on any atom is -0.374 e. The van der Waals surface area contributed by atoms with Crippen LogP contribution in [0.15, 0.2) is 84.9 Å². The second-order valence-electron chi connectivity index (χ2n) is 4.89. The number of hydrogen-bond acceptors (Lipinski definition) is 1. The van der Waals surface area contributed by atoms with E-state index in [1.54, 1.807) is 0 Å². The molecule has 0 saturated carbocycles. The van der Waals surface area contributed by atoms with Gasteiger partial charge in [0.05, 0.1) is 0 Å². The predicted octanol–water partition coefficient (Wildman–Crippen LogP) is 4.46. The summed E-state index contributed by atoms with van der Waals surface area (Å²) in [7, 11) is 0. The van der Waals surface area contributed by atoms with E-state index in [9.17, 15) is 0 Å². The van der Waals surface area contributed by atoms with Crippen LogP contribution >= 0.6 is 0 Å². The molecule has 0 amide bonds. The SMILES string of the molecule is C(#Cc1ccccc1)N[CH-]c1ccc(-c2ccccc2)cc1. The Morgan fingerprint density at radius 1 is 0.636 bits per heavy atom. The minimum atomic E-state index is 1.00. The molecule has 0 bridgehead atoms. The van der Waals surface area contributed by atoms with Crippen molar-refractivity contribution in [2.45, 2.75) is 0 Å². The summed E-state index contributed by atoms with van der Waals surface area (Å²) < 4.78 is 0. The van der Waals surface area contributed by atoms with E-state index in [2.05, 4.69) is 65.8 Å². The first-order chi connectivity index (χ1) is 10.9. The van der Waals surface area contributed by atoms with Crippen LogP contribution in [0, 0.1) is 18.5 Å². The molecule has 0 aliphatic heterocycles. The van der Waals surface area contributed by atoms with E-state index in [1.807, 2.05) is 42.9 Å². The summed E-state index contributed by atoms with van der Waals surface area (Å²) in [6.07, 6.45) is 0. The van der Waals surface area contributed by atoms with Crippen molar-refractivity contribution < 1.29 is 0 Å². The van der Waals surface area contributed by atoms with Crippen LogP contribution in [-0.4, -0.2) is 0 Å². The maximum atomic E-state index is 3.06. The normalized spacial score (nSPS) is 9.45. The van der Waals surface area contributed by atoms with Gasteiger partial charge >= 0.3 is 0 Å². The molecule has 0 spiro atoms. The van der Waals surface area contributed by atoms with Crippen LogP contribution in [0.2, 0.25) is 0 Å². The Morgan fingerprint density at radius 2 is 1.23 bits per heavy atom. The van der Waals surface area contributed by atoms with Crippen LogP contribution in [-0.2, 0) is 0 Å². The van der Waals surface area contributed by atoms with Crippen LogP contribution in [0.25, 0.3) is 11.1 Å². The maximum absolute atomic E-state index is 3.06. The van der Waals surface area contributed by atoms with Gasteiger partial charge in [0.15, 0.2) is 0 Å². The number of benzene rings is 3. The molecule has 0 heterocycles. The summed E-state index contributed by atoms with van der Waals surface area (Å²) in [5, 5.41) is 3.02. The molecule has 1 N–H and O–H groups in total. The van der Waals surface area contributed by atoms with Crippen molar-refractivity contribution in [3.8, 4) is 23.1 Å². The molecule has 0 aromatic heterocycles. The molecule has 1 heteroatoms. The topological polar surface area (TPSA) is 12.0 Å². The molecule has 0 fully saturated rings. The highest BCUT2D eigenvalue weighted by Gasteiger charge is 1.92. The molecular weight excluding hydrogens is 266 g/mol. The van der Waals surface area contributed by atoms with Crippen molar-refractivity contribution in [2.24, 2.45) is 0 Å². The van der Waals surface area contributed by atoms with Gasteiger partial charge in [-0.1, -0.05) is 55.1 Å². The summed E-state index contributed by atoms with van der Waals surface area (Å²) >= 11 is 0. The first-order valence-corrected chi connectivity index (χ1v) is 7.22. The molecule has 3 rings (SSSR count). The lowest BCUT2D eigenvalue weighted by Gasteiger charge is -2.10. The minimum absolute atomic E-state index is 1.00. The molecule has 0 unspecified atom stereocenters. The summed E-state index contributed by atoms with van der Waals surface area (Å²) in [5.41, 5.74) is 4.55. The zero-order valence-electron chi connectivity index (χ0n) is 12.2. The van der Waals surface area contributed by atoms with Gasteiger partial charge in [-0.15, -0.1) is 12.1 Å². The van der Waals surface area contributed by atoms with Gasteiger partial charge in [-0.2, -0.15) is 17.7 Å². The maximum Gasteiger partial charge on any atom is 0.0263 e. The molecule has 0 saturated heterocycles. The fourth-order valence-corrected chi connectivity index (χ4v) is 2.15. The highest BCUT2D eigenvalue weighted by molar-refractivity contribution is 5.63. The second kappa shape index (κ2) is 7.06. The average molecular weight is 282 g/mol. The average Bonchev–Trinajstić information content (AvgIpc) is 2.61. The lowest BCUT2D eigenvalue weighted by atomic mass is 10.0. The van der Waals surface area contributed by atoms with E-state index >= 15 is 0 Å². The van der Waals surface area contributed by atoms with Crippen molar-refractivity contribution in [1.29, 1.82) is 0 Å². The zero-order valence-corrected chi connectivity index (χ0v) is 12.2. The third-order valence-corrected chi connectivity index (χ3v) is 3.31. The Morgan fingerprint density at radius 3 is 1.91 bits per heavy atom. The van der Waals surface area contributed by atoms with Crippen LogP contribution in [0.3, 0.4) is 0 Å². The zero-order chi connectivity index (χ0) is 15.0. The number of rotatable bonds is 3. The monoisotopic (exact) mass is 282 g/mol. The smallest absolute Gasteiger partial charge is 0.0263 e. The van der Waals surface area contributed by atoms with Gasteiger partial charge in [-0.05, 0) is 29.2 Å². The molecule has 22 heavy (non-hydrogen) atoms. The van der Waals surface area contributed by atoms with Crippen molar-refractivity contribution in [3.05, 3.63) is 103 Å². The van der Waals surface area contributed by atoms with Crippen LogP contribution in [0.1, 0.15) is 11.1 Å². The summed E-state index contributed by atoms with van der Waals surface area (Å²) in [6, 6.07) is 31.6. The fraction of sp³-hybridized carbons (Fsp3) is 0. The van der Waals surface area contributed by atoms with Crippen molar-refractivity contribution in [3.63, 3.8) is 0 Å². The molecule has 3 aromatic rings. The van der Waals surface area contributed by atoms with E-state index in [-0.39, 0.29) is 0 Å². The summed E-state index contributed by atoms with van der Waals surface area (Å²) in [5.74, 6) is 3.06. The Labute approximate surface area is 131 Å². The number of nitrogens with one attached hydrogen (secondary N) is 1. The van der Waals surface area contributed by atoms with Crippen LogP contribution in [0.5, 0.6) is 0 Å². The predicted molar refractivity (Wildman–Crippen MR) is 91.7 cm³/mol. The lowest BCUT2D eigenvalue weighted by molar-refractivity contribution is 1.13. The molecule has 0 atom stereocenters. The van der Waals surface area contributed by atoms with Gasteiger partial charge in [0, 0.05) is 11.6 Å². The summed E-state index contributed by atoms with van der Waals surface area (Å²) in [4.78, 5) is 0. The molecule has 106 valence electrons. The van der Waals surface area contributed by atoms with Crippen LogP contribution in [0.4, 0.5) is 0 Å². The highest BCUT2D eigenvalue weighted by atomic mass is 14.8. The van der Waals surface area contributed by atoms with Gasteiger partial charge in [-0.25, -0.2) is 0 Å². The van der Waals surface area contributed by atoms with E-state index in [1.165, 1.54) is 11.1 Å². The molecule has 0 aliphatic rings. The van der Waals surface area contributed by atoms with E-state index < -0.39 is 0 Å². The van der Waals surface area contributed by atoms with Crippen LogP contribution < -0.4 is 5.32 Å². The molecule has 0 aliphatic carbocycles. The Hall–Kier alpha value is -3.11. The van der Waals surface area contributed by atoms with Gasteiger partial charge in [0.25, 0.3) is 0 Å². The Kier molecular flexibility index (Phi) is 4.44. The first-order valence-electron chi connectivity index (χ1n) is 7.22. The third-order valence-electron chi connectivity index (χ3n) is 3.31. The molecular formula is C21H16N-. The Bertz CT molecular complexity index is 763. The van der Waals surface area contributed by atoms with E-state index in [4.69, 9.17) is 0 Å². The highest BCUT2D eigenvalue weighted by Crippen LogP contribution is 2.19. The third kappa shape index (κ3) is 3.71. The summed E-state index contributed by atoms with van der Waals surface area (Å²) in [6.45, 7) is 1.91.